The van der Waals surface area contributed by atoms with Crippen molar-refractivity contribution in [3.63, 3.8) is 0 Å². The van der Waals surface area contributed by atoms with Crippen LogP contribution in [0.25, 0.3) is 10.8 Å². The van der Waals surface area contributed by atoms with Crippen molar-refractivity contribution in [2.24, 2.45) is 5.92 Å². The van der Waals surface area contributed by atoms with E-state index in [9.17, 15) is 9.59 Å². The van der Waals surface area contributed by atoms with Crippen LogP contribution in [-0.4, -0.2) is 24.0 Å². The monoisotopic (exact) mass is 312 g/mol. The molecule has 1 aliphatic rings. The minimum atomic E-state index is -0.379. The zero-order chi connectivity index (χ0) is 16.2. The van der Waals surface area contributed by atoms with E-state index in [1.165, 1.54) is 20.0 Å². The molecule has 1 heterocycles. The van der Waals surface area contributed by atoms with E-state index in [4.69, 9.17) is 4.74 Å². The third-order valence-corrected chi connectivity index (χ3v) is 4.39. The molecule has 5 nitrogen and oxygen atoms in total. The van der Waals surface area contributed by atoms with Gasteiger partial charge in [0.15, 0.2) is 0 Å². The standard InChI is InChI=1S/C18H20N2O3/c1-23-18(22)14-6-7-15-13(11-14)8-9-19-17(15)20-16(21)10-12-4-2-3-5-12/h6-9,11-12H,2-5,10H2,1H3,(H,19,20,21). The van der Waals surface area contributed by atoms with Gasteiger partial charge in [-0.2, -0.15) is 0 Å². The lowest BCUT2D eigenvalue weighted by Crippen LogP contribution is -2.16. The van der Waals surface area contributed by atoms with Gasteiger partial charge >= 0.3 is 5.97 Å². The van der Waals surface area contributed by atoms with Crippen molar-refractivity contribution >= 4 is 28.5 Å². The molecule has 0 saturated heterocycles. The Morgan fingerprint density at radius 2 is 2.04 bits per heavy atom. The number of esters is 1. The predicted molar refractivity (Wildman–Crippen MR) is 88.3 cm³/mol. The van der Waals surface area contributed by atoms with E-state index >= 15 is 0 Å². The molecule has 5 heteroatoms. The molecule has 1 aromatic carbocycles. The Labute approximate surface area is 135 Å². The molecule has 0 radical (unpaired) electrons. The lowest BCUT2D eigenvalue weighted by molar-refractivity contribution is -0.117. The number of hydrogen-bond donors (Lipinski definition) is 1. The molecule has 1 fully saturated rings. The zero-order valence-corrected chi connectivity index (χ0v) is 13.2. The third kappa shape index (κ3) is 3.50. The van der Waals surface area contributed by atoms with Crippen molar-refractivity contribution < 1.29 is 14.3 Å². The number of methoxy groups -OCH3 is 1. The molecule has 1 N–H and O–H groups in total. The van der Waals surface area contributed by atoms with Crippen molar-refractivity contribution in [3.8, 4) is 0 Å². The summed E-state index contributed by atoms with van der Waals surface area (Å²) < 4.78 is 4.73. The molecule has 0 aliphatic heterocycles. The average molecular weight is 312 g/mol. The maximum Gasteiger partial charge on any atom is 0.337 e. The Bertz CT molecular complexity index is 736. The number of ether oxygens (including phenoxy) is 1. The molecule has 120 valence electrons. The van der Waals surface area contributed by atoms with Gasteiger partial charge in [-0.25, -0.2) is 9.78 Å². The number of hydrogen-bond acceptors (Lipinski definition) is 4. The van der Waals surface area contributed by atoms with Crippen LogP contribution in [0, 0.1) is 5.92 Å². The van der Waals surface area contributed by atoms with Gasteiger partial charge in [-0.1, -0.05) is 12.8 Å². The van der Waals surface area contributed by atoms with Crippen LogP contribution in [-0.2, 0) is 9.53 Å². The maximum absolute atomic E-state index is 12.2. The molecule has 3 rings (SSSR count). The first-order chi connectivity index (χ1) is 11.2. The van der Waals surface area contributed by atoms with Gasteiger partial charge in [-0.3, -0.25) is 4.79 Å². The zero-order valence-electron chi connectivity index (χ0n) is 13.2. The number of nitrogens with one attached hydrogen (secondary N) is 1. The number of anilines is 1. The van der Waals surface area contributed by atoms with Crippen LogP contribution in [0.15, 0.2) is 30.5 Å². The van der Waals surface area contributed by atoms with E-state index in [-0.39, 0.29) is 11.9 Å². The van der Waals surface area contributed by atoms with E-state index in [1.54, 1.807) is 24.4 Å². The molecule has 1 amide bonds. The van der Waals surface area contributed by atoms with Gasteiger partial charge in [-0.05, 0) is 48.4 Å². The smallest absolute Gasteiger partial charge is 0.337 e. The number of aromatic nitrogens is 1. The number of nitrogens with zero attached hydrogens (tertiary/aromatic N) is 1. The average Bonchev–Trinajstić information content (AvgIpc) is 3.06. The highest BCUT2D eigenvalue weighted by Gasteiger charge is 2.19. The number of carbonyl (C=O) groups excluding carboxylic acids is 2. The normalized spacial score (nSPS) is 14.8. The first-order valence-electron chi connectivity index (χ1n) is 7.94. The van der Waals surface area contributed by atoms with E-state index in [0.29, 0.717) is 23.7 Å². The molecule has 1 aromatic heterocycles. The Morgan fingerprint density at radius 1 is 1.26 bits per heavy atom. The second-order valence-electron chi connectivity index (χ2n) is 5.99. The predicted octanol–water partition coefficient (Wildman–Crippen LogP) is 3.54. The summed E-state index contributed by atoms with van der Waals surface area (Å²) >= 11 is 0. The number of rotatable bonds is 4. The number of benzene rings is 1. The molecule has 1 saturated carbocycles. The minimum Gasteiger partial charge on any atom is -0.465 e. The van der Waals surface area contributed by atoms with Gasteiger partial charge in [0.05, 0.1) is 12.7 Å². The second kappa shape index (κ2) is 6.77. The lowest BCUT2D eigenvalue weighted by Gasteiger charge is -2.11. The molecule has 0 spiro atoms. The summed E-state index contributed by atoms with van der Waals surface area (Å²) in [6.45, 7) is 0. The van der Waals surface area contributed by atoms with Gasteiger partial charge in [0.25, 0.3) is 0 Å². The topological polar surface area (TPSA) is 68.3 Å². The van der Waals surface area contributed by atoms with Gasteiger partial charge in [0.2, 0.25) is 5.91 Å². The fraction of sp³-hybridized carbons (Fsp3) is 0.389. The minimum absolute atomic E-state index is 0.00828. The highest BCUT2D eigenvalue weighted by Crippen LogP contribution is 2.28. The van der Waals surface area contributed by atoms with Gasteiger partial charge in [0, 0.05) is 18.0 Å². The summed E-state index contributed by atoms with van der Waals surface area (Å²) in [5.74, 6) is 0.669. The molecule has 0 bridgehead atoms. The van der Waals surface area contributed by atoms with Gasteiger partial charge in [-0.15, -0.1) is 0 Å². The SMILES string of the molecule is COC(=O)c1ccc2c(NC(=O)CC3CCCC3)nccc2c1. The van der Waals surface area contributed by atoms with Crippen LogP contribution in [0.3, 0.4) is 0 Å². The van der Waals surface area contributed by atoms with Crippen molar-refractivity contribution in [2.75, 3.05) is 12.4 Å². The summed E-state index contributed by atoms with van der Waals surface area (Å²) in [5, 5.41) is 4.57. The van der Waals surface area contributed by atoms with E-state index < -0.39 is 0 Å². The number of fused-ring (bicyclic) bond motifs is 1. The Hall–Kier alpha value is -2.43. The first-order valence-corrected chi connectivity index (χ1v) is 7.94. The Kier molecular flexibility index (Phi) is 4.55. The summed E-state index contributed by atoms with van der Waals surface area (Å²) in [6, 6.07) is 7.03. The fourth-order valence-corrected chi connectivity index (χ4v) is 3.18. The number of carbonyl (C=O) groups is 2. The summed E-state index contributed by atoms with van der Waals surface area (Å²) in [4.78, 5) is 28.1. The molecule has 1 aliphatic carbocycles. The lowest BCUT2D eigenvalue weighted by atomic mass is 10.0. The van der Waals surface area contributed by atoms with Crippen LogP contribution in [0.1, 0.15) is 42.5 Å². The Morgan fingerprint density at radius 3 is 2.78 bits per heavy atom. The molecule has 23 heavy (non-hydrogen) atoms. The van der Waals surface area contributed by atoms with Crippen LogP contribution in [0.4, 0.5) is 5.82 Å². The van der Waals surface area contributed by atoms with Gasteiger partial charge < -0.3 is 10.1 Å². The van der Waals surface area contributed by atoms with E-state index in [1.807, 2.05) is 6.07 Å². The molecule has 2 aromatic rings. The molecule has 0 unspecified atom stereocenters. The van der Waals surface area contributed by atoms with Gasteiger partial charge in [0.1, 0.15) is 5.82 Å². The van der Waals surface area contributed by atoms with Crippen molar-refractivity contribution in [1.29, 1.82) is 0 Å². The molecular formula is C18H20N2O3. The highest BCUT2D eigenvalue weighted by molar-refractivity contribution is 6.02. The quantitative estimate of drug-likeness (QED) is 0.877. The van der Waals surface area contributed by atoms with Crippen LogP contribution in [0.5, 0.6) is 0 Å². The van der Waals surface area contributed by atoms with E-state index in [2.05, 4.69) is 10.3 Å². The number of amides is 1. The van der Waals surface area contributed by atoms with Crippen molar-refractivity contribution in [1.82, 2.24) is 4.98 Å². The van der Waals surface area contributed by atoms with Crippen LogP contribution >= 0.6 is 0 Å². The molecule has 0 atom stereocenters. The fourth-order valence-electron chi connectivity index (χ4n) is 3.18. The first kappa shape index (κ1) is 15.5. The maximum atomic E-state index is 12.2. The van der Waals surface area contributed by atoms with Crippen LogP contribution in [0.2, 0.25) is 0 Å². The largest absolute Gasteiger partial charge is 0.465 e. The Balaban J connectivity index is 1.80. The summed E-state index contributed by atoms with van der Waals surface area (Å²) in [5.41, 5.74) is 0.481. The number of pyridine rings is 1. The van der Waals surface area contributed by atoms with E-state index in [0.717, 1.165) is 23.6 Å². The second-order valence-corrected chi connectivity index (χ2v) is 5.99. The van der Waals surface area contributed by atoms with Crippen molar-refractivity contribution in [2.45, 2.75) is 32.1 Å². The summed E-state index contributed by atoms with van der Waals surface area (Å²) in [6.07, 6.45) is 6.91. The molecular weight excluding hydrogens is 292 g/mol. The summed E-state index contributed by atoms with van der Waals surface area (Å²) in [7, 11) is 1.35. The third-order valence-electron chi connectivity index (χ3n) is 4.39. The van der Waals surface area contributed by atoms with Crippen molar-refractivity contribution in [3.05, 3.63) is 36.0 Å². The van der Waals surface area contributed by atoms with Crippen LogP contribution < -0.4 is 5.32 Å². The highest BCUT2D eigenvalue weighted by atomic mass is 16.5.